The average molecular weight is 399 g/mol. The smallest absolute Gasteiger partial charge is 0.274 e. The molecule has 0 radical (unpaired) electrons. The van der Waals surface area contributed by atoms with Crippen LogP contribution in [-0.4, -0.2) is 57.9 Å². The van der Waals surface area contributed by atoms with Gasteiger partial charge in [-0.05, 0) is 17.2 Å². The number of piperazine rings is 1. The van der Waals surface area contributed by atoms with E-state index in [0.29, 0.717) is 18.8 Å². The second kappa shape index (κ2) is 8.24. The molecule has 30 heavy (non-hydrogen) atoms. The molecule has 0 bridgehead atoms. The van der Waals surface area contributed by atoms with Crippen molar-refractivity contribution in [3.05, 3.63) is 90.0 Å². The van der Waals surface area contributed by atoms with E-state index in [1.54, 1.807) is 18.6 Å². The van der Waals surface area contributed by atoms with Crippen molar-refractivity contribution in [2.45, 2.75) is 19.1 Å². The summed E-state index contributed by atoms with van der Waals surface area (Å²) in [6, 6.07) is 19.3. The van der Waals surface area contributed by atoms with E-state index in [1.807, 2.05) is 4.90 Å². The minimum absolute atomic E-state index is 0.0556. The summed E-state index contributed by atoms with van der Waals surface area (Å²) in [7, 11) is 0. The van der Waals surface area contributed by atoms with Gasteiger partial charge in [-0.1, -0.05) is 48.5 Å². The molecule has 1 amide bonds. The third kappa shape index (κ3) is 3.78. The number of carbonyl (C=O) groups is 1. The highest BCUT2D eigenvalue weighted by molar-refractivity contribution is 5.92. The fourth-order valence-electron chi connectivity index (χ4n) is 4.55. The highest BCUT2D eigenvalue weighted by atomic mass is 16.2. The first kappa shape index (κ1) is 18.8. The Labute approximate surface area is 176 Å². The Morgan fingerprint density at radius 3 is 2.63 bits per heavy atom. The van der Waals surface area contributed by atoms with Crippen molar-refractivity contribution >= 4 is 11.6 Å². The number of hydrogen-bond donors (Lipinski definition) is 0. The number of para-hydroxylation sites is 1. The Hall–Kier alpha value is -3.25. The minimum atomic E-state index is -0.0556. The van der Waals surface area contributed by atoms with E-state index in [0.717, 1.165) is 26.2 Å². The Bertz CT molecular complexity index is 1010. The van der Waals surface area contributed by atoms with Gasteiger partial charge in [0.05, 0.1) is 12.2 Å². The lowest BCUT2D eigenvalue weighted by Gasteiger charge is -2.43. The number of rotatable bonds is 3. The number of aromatic nitrogens is 2. The van der Waals surface area contributed by atoms with Gasteiger partial charge in [-0.25, -0.2) is 4.98 Å². The van der Waals surface area contributed by atoms with Crippen LogP contribution < -0.4 is 4.90 Å². The van der Waals surface area contributed by atoms with Crippen molar-refractivity contribution in [1.82, 2.24) is 19.8 Å². The first-order valence-electron chi connectivity index (χ1n) is 10.4. The van der Waals surface area contributed by atoms with Crippen LogP contribution >= 0.6 is 0 Å². The van der Waals surface area contributed by atoms with Crippen LogP contribution in [0.3, 0.4) is 0 Å². The second-order valence-corrected chi connectivity index (χ2v) is 7.97. The maximum Gasteiger partial charge on any atom is 0.274 e. The highest BCUT2D eigenvalue weighted by Gasteiger charge is 2.34. The molecule has 1 unspecified atom stereocenters. The van der Waals surface area contributed by atoms with Crippen molar-refractivity contribution in [3.8, 4) is 0 Å². The van der Waals surface area contributed by atoms with Crippen LogP contribution in [0.2, 0.25) is 0 Å². The fraction of sp³-hybridized carbons (Fsp3) is 0.292. The third-order valence-corrected chi connectivity index (χ3v) is 5.98. The zero-order valence-corrected chi connectivity index (χ0v) is 16.9. The summed E-state index contributed by atoms with van der Waals surface area (Å²) in [5, 5.41) is 0. The zero-order chi connectivity index (χ0) is 20.3. The molecular formula is C24H25N5O. The lowest BCUT2D eigenvalue weighted by atomic mass is 10.1. The van der Waals surface area contributed by atoms with Gasteiger partial charge in [0.1, 0.15) is 5.69 Å². The first-order chi connectivity index (χ1) is 14.8. The van der Waals surface area contributed by atoms with Gasteiger partial charge in [0.2, 0.25) is 0 Å². The van der Waals surface area contributed by atoms with Crippen LogP contribution in [0.15, 0.2) is 73.2 Å². The third-order valence-electron chi connectivity index (χ3n) is 5.98. The minimum Gasteiger partial charge on any atom is -0.364 e. The van der Waals surface area contributed by atoms with Crippen LogP contribution in [0.5, 0.6) is 0 Å². The molecule has 2 aliphatic heterocycles. The fourth-order valence-corrected chi connectivity index (χ4v) is 4.55. The standard InChI is InChI=1S/C24H25N5O/c30-24(22-14-25-10-11-26-22)28-16-20-8-4-5-9-23(20)29-13-12-27(17-21(29)18-28)15-19-6-2-1-3-7-19/h1-11,14,21H,12-13,15-18H2. The van der Waals surface area contributed by atoms with Gasteiger partial charge < -0.3 is 9.80 Å². The molecule has 3 aromatic rings. The topological polar surface area (TPSA) is 52.6 Å². The second-order valence-electron chi connectivity index (χ2n) is 7.97. The largest absolute Gasteiger partial charge is 0.364 e. The highest BCUT2D eigenvalue weighted by Crippen LogP contribution is 2.30. The van der Waals surface area contributed by atoms with Gasteiger partial charge >= 0.3 is 0 Å². The van der Waals surface area contributed by atoms with Crippen molar-refractivity contribution in [2.24, 2.45) is 0 Å². The molecule has 0 N–H and O–H groups in total. The number of fused-ring (bicyclic) bond motifs is 3. The van der Waals surface area contributed by atoms with Gasteiger partial charge in [-0.15, -0.1) is 0 Å². The lowest BCUT2D eigenvalue weighted by molar-refractivity contribution is 0.0712. The summed E-state index contributed by atoms with van der Waals surface area (Å²) in [6.45, 7) is 5.10. The number of carbonyl (C=O) groups excluding carboxylic acids is 1. The number of benzene rings is 2. The number of anilines is 1. The summed E-state index contributed by atoms with van der Waals surface area (Å²) < 4.78 is 0. The Kier molecular flexibility index (Phi) is 5.15. The van der Waals surface area contributed by atoms with E-state index in [4.69, 9.17) is 0 Å². The average Bonchev–Trinajstić information content (AvgIpc) is 2.96. The molecule has 0 aliphatic carbocycles. The van der Waals surface area contributed by atoms with Crippen LogP contribution in [0.25, 0.3) is 0 Å². The summed E-state index contributed by atoms with van der Waals surface area (Å²) in [5.74, 6) is -0.0556. The summed E-state index contributed by atoms with van der Waals surface area (Å²) in [4.78, 5) is 28.4. The molecule has 6 nitrogen and oxygen atoms in total. The van der Waals surface area contributed by atoms with Crippen molar-refractivity contribution in [3.63, 3.8) is 0 Å². The number of amides is 1. The number of nitrogens with zero attached hydrogens (tertiary/aromatic N) is 5. The summed E-state index contributed by atoms with van der Waals surface area (Å²) in [6.07, 6.45) is 4.73. The molecule has 5 rings (SSSR count). The molecule has 152 valence electrons. The molecule has 0 saturated carbocycles. The molecule has 2 aliphatic rings. The monoisotopic (exact) mass is 399 g/mol. The van der Waals surface area contributed by atoms with E-state index in [-0.39, 0.29) is 11.9 Å². The molecule has 1 saturated heterocycles. The van der Waals surface area contributed by atoms with Gasteiger partial charge in [-0.3, -0.25) is 14.7 Å². The molecule has 1 fully saturated rings. The van der Waals surface area contributed by atoms with E-state index < -0.39 is 0 Å². The predicted molar refractivity (Wildman–Crippen MR) is 116 cm³/mol. The quantitative estimate of drug-likeness (QED) is 0.678. The molecule has 1 aromatic heterocycles. The van der Waals surface area contributed by atoms with Gasteiger partial charge in [0.15, 0.2) is 0 Å². The van der Waals surface area contributed by atoms with E-state index in [2.05, 4.69) is 74.4 Å². The summed E-state index contributed by atoms with van der Waals surface area (Å²) >= 11 is 0. The van der Waals surface area contributed by atoms with Crippen molar-refractivity contribution in [1.29, 1.82) is 0 Å². The Morgan fingerprint density at radius 1 is 0.967 bits per heavy atom. The molecular weight excluding hydrogens is 374 g/mol. The molecule has 2 aromatic carbocycles. The molecule has 6 heteroatoms. The van der Waals surface area contributed by atoms with E-state index in [1.165, 1.54) is 16.8 Å². The number of hydrogen-bond acceptors (Lipinski definition) is 5. The Balaban J connectivity index is 1.41. The molecule has 0 spiro atoms. The van der Waals surface area contributed by atoms with Gasteiger partial charge in [0, 0.05) is 57.3 Å². The van der Waals surface area contributed by atoms with Crippen LogP contribution in [0.4, 0.5) is 5.69 Å². The molecule has 1 atom stereocenters. The maximum atomic E-state index is 13.2. The van der Waals surface area contributed by atoms with Crippen molar-refractivity contribution < 1.29 is 4.79 Å². The molecule has 3 heterocycles. The van der Waals surface area contributed by atoms with Crippen molar-refractivity contribution in [2.75, 3.05) is 31.1 Å². The predicted octanol–water partition coefficient (Wildman–Crippen LogP) is 2.82. The first-order valence-corrected chi connectivity index (χ1v) is 10.4. The van der Waals surface area contributed by atoms with E-state index >= 15 is 0 Å². The van der Waals surface area contributed by atoms with Crippen LogP contribution in [-0.2, 0) is 13.1 Å². The maximum absolute atomic E-state index is 13.2. The Morgan fingerprint density at radius 2 is 1.80 bits per heavy atom. The van der Waals surface area contributed by atoms with Gasteiger partial charge in [-0.2, -0.15) is 0 Å². The lowest BCUT2D eigenvalue weighted by Crippen LogP contribution is -2.56. The van der Waals surface area contributed by atoms with E-state index in [9.17, 15) is 4.79 Å². The SMILES string of the molecule is O=C(c1cnccn1)N1Cc2ccccc2N2CCN(Cc3ccccc3)CC2C1. The normalized spacial score (nSPS) is 19.0. The van der Waals surface area contributed by atoms with Crippen LogP contribution in [0, 0.1) is 0 Å². The zero-order valence-electron chi connectivity index (χ0n) is 16.9. The summed E-state index contributed by atoms with van der Waals surface area (Å²) in [5.41, 5.74) is 4.16. The van der Waals surface area contributed by atoms with Crippen LogP contribution in [0.1, 0.15) is 21.6 Å². The van der Waals surface area contributed by atoms with Gasteiger partial charge in [0.25, 0.3) is 5.91 Å².